The number of piperazine rings is 1. The highest BCUT2D eigenvalue weighted by Crippen LogP contribution is 2.31. The van der Waals surface area contributed by atoms with E-state index >= 15 is 0 Å². The van der Waals surface area contributed by atoms with Crippen molar-refractivity contribution in [2.45, 2.75) is 17.7 Å². The lowest BCUT2D eigenvalue weighted by Crippen LogP contribution is -2.50. The number of hydrogen-bond donors (Lipinski definition) is 0. The van der Waals surface area contributed by atoms with Crippen molar-refractivity contribution in [1.82, 2.24) is 9.21 Å². The molecule has 176 valence electrons. The molecule has 2 aromatic carbocycles. The maximum absolute atomic E-state index is 13.4. The Hall–Kier alpha value is -2.69. The first kappa shape index (κ1) is 23.5. The van der Waals surface area contributed by atoms with Crippen molar-refractivity contribution in [2.75, 3.05) is 39.4 Å². The number of halogens is 2. The number of Topliss-reactive ketones (excluding diaryl/α,β-unsaturated/α-hetero) is 1. The van der Waals surface area contributed by atoms with E-state index in [0.29, 0.717) is 30.3 Å². The Balaban J connectivity index is 1.30. The van der Waals surface area contributed by atoms with Gasteiger partial charge in [-0.3, -0.25) is 9.59 Å². The molecule has 0 unspecified atom stereocenters. The number of sulfonamides is 1. The largest absolute Gasteiger partial charge is 0.486 e. The summed E-state index contributed by atoms with van der Waals surface area (Å²) in [5.74, 6) is -0.00266. The highest BCUT2D eigenvalue weighted by molar-refractivity contribution is 7.89. The number of carbonyl (C=O) groups is 2. The average Bonchev–Trinajstić information content (AvgIpc) is 2.83. The van der Waals surface area contributed by atoms with Gasteiger partial charge in [0.1, 0.15) is 19.0 Å². The summed E-state index contributed by atoms with van der Waals surface area (Å²) < 4.78 is 51.1. The fourth-order valence-electron chi connectivity index (χ4n) is 3.70. The number of benzene rings is 2. The summed E-state index contributed by atoms with van der Waals surface area (Å²) in [4.78, 5) is 26.5. The Morgan fingerprint density at radius 3 is 2.33 bits per heavy atom. The predicted octanol–water partition coefficient (Wildman–Crippen LogP) is 2.75. The van der Waals surface area contributed by atoms with Gasteiger partial charge < -0.3 is 14.4 Å². The molecule has 0 saturated carbocycles. The summed E-state index contributed by atoms with van der Waals surface area (Å²) in [5.41, 5.74) is 0.445. The molecular formula is C22H22ClFN2O6S. The molecule has 2 aliphatic heterocycles. The SMILES string of the molecule is O=C(CCC(=O)N1CCN(S(=O)(=O)c2ccc(F)c(Cl)c2)CC1)c1ccc2c(c1)OCCO2. The van der Waals surface area contributed by atoms with E-state index in [1.807, 2.05) is 0 Å². The van der Waals surface area contributed by atoms with E-state index in [2.05, 4.69) is 0 Å². The smallest absolute Gasteiger partial charge is 0.243 e. The summed E-state index contributed by atoms with van der Waals surface area (Å²) >= 11 is 5.71. The lowest BCUT2D eigenvalue weighted by molar-refractivity contribution is -0.132. The van der Waals surface area contributed by atoms with Crippen LogP contribution in [0.5, 0.6) is 11.5 Å². The number of ether oxygens (including phenoxy) is 2. The van der Waals surface area contributed by atoms with Crippen molar-refractivity contribution < 1.29 is 31.9 Å². The van der Waals surface area contributed by atoms with E-state index in [1.165, 1.54) is 4.31 Å². The maximum Gasteiger partial charge on any atom is 0.243 e. The summed E-state index contributed by atoms with van der Waals surface area (Å²) in [7, 11) is -3.85. The van der Waals surface area contributed by atoms with Gasteiger partial charge in [0.05, 0.1) is 9.92 Å². The molecule has 4 rings (SSSR count). The number of ketones is 1. The van der Waals surface area contributed by atoms with Crippen molar-refractivity contribution in [1.29, 1.82) is 0 Å². The standard InChI is InChI=1S/C22H22ClFN2O6S/c23-17-14-16(2-3-18(17)24)33(29,30)26-9-7-25(8-10-26)22(28)6-4-19(27)15-1-5-20-21(13-15)32-12-11-31-20/h1-3,5,13-14H,4,6-12H2. The zero-order chi connectivity index (χ0) is 23.6. The van der Waals surface area contributed by atoms with Crippen molar-refractivity contribution >= 4 is 33.3 Å². The van der Waals surface area contributed by atoms with Crippen LogP contribution in [0.25, 0.3) is 0 Å². The molecule has 11 heteroatoms. The van der Waals surface area contributed by atoms with Crippen LogP contribution in [0.3, 0.4) is 0 Å². The van der Waals surface area contributed by atoms with Crippen LogP contribution in [0, 0.1) is 5.82 Å². The molecule has 0 spiro atoms. The molecule has 8 nitrogen and oxygen atoms in total. The molecule has 0 N–H and O–H groups in total. The van der Waals surface area contributed by atoms with E-state index in [1.54, 1.807) is 23.1 Å². The van der Waals surface area contributed by atoms with Gasteiger partial charge in [-0.15, -0.1) is 0 Å². The number of amides is 1. The number of nitrogens with zero attached hydrogens (tertiary/aromatic N) is 2. The lowest BCUT2D eigenvalue weighted by atomic mass is 10.1. The van der Waals surface area contributed by atoms with Gasteiger partial charge in [0.15, 0.2) is 17.3 Å². The molecule has 1 saturated heterocycles. The molecule has 0 aliphatic carbocycles. The second kappa shape index (κ2) is 9.66. The fraction of sp³-hybridized carbons (Fsp3) is 0.364. The monoisotopic (exact) mass is 496 g/mol. The van der Waals surface area contributed by atoms with Gasteiger partial charge in [0.2, 0.25) is 15.9 Å². The van der Waals surface area contributed by atoms with Crippen LogP contribution in [0.4, 0.5) is 4.39 Å². The van der Waals surface area contributed by atoms with E-state index in [4.69, 9.17) is 21.1 Å². The van der Waals surface area contributed by atoms with Gasteiger partial charge in [0, 0.05) is 44.6 Å². The highest BCUT2D eigenvalue weighted by Gasteiger charge is 2.30. The topological polar surface area (TPSA) is 93.2 Å². The highest BCUT2D eigenvalue weighted by atomic mass is 35.5. The van der Waals surface area contributed by atoms with Crippen LogP contribution in [-0.4, -0.2) is 68.7 Å². The third kappa shape index (κ3) is 5.13. The zero-order valence-corrected chi connectivity index (χ0v) is 19.2. The molecule has 0 atom stereocenters. The molecule has 33 heavy (non-hydrogen) atoms. The van der Waals surface area contributed by atoms with E-state index in [0.717, 1.165) is 18.2 Å². The first-order chi connectivity index (χ1) is 15.8. The molecule has 0 aromatic heterocycles. The van der Waals surface area contributed by atoms with Gasteiger partial charge in [-0.05, 0) is 36.4 Å². The van der Waals surface area contributed by atoms with Crippen molar-refractivity contribution in [3.05, 3.63) is 52.8 Å². The third-order valence-electron chi connectivity index (χ3n) is 5.55. The number of carbonyl (C=O) groups excluding carboxylic acids is 2. The van der Waals surface area contributed by atoms with Crippen LogP contribution < -0.4 is 9.47 Å². The Morgan fingerprint density at radius 1 is 0.939 bits per heavy atom. The summed E-state index contributed by atoms with van der Waals surface area (Å²) in [6, 6.07) is 8.19. The van der Waals surface area contributed by atoms with Crippen molar-refractivity contribution in [2.24, 2.45) is 0 Å². The number of hydrogen-bond acceptors (Lipinski definition) is 6. The Labute approximate surface area is 195 Å². The minimum Gasteiger partial charge on any atom is -0.486 e. The van der Waals surface area contributed by atoms with E-state index < -0.39 is 15.8 Å². The molecule has 1 fully saturated rings. The molecule has 2 aliphatic rings. The summed E-state index contributed by atoms with van der Waals surface area (Å²) in [6.45, 7) is 1.47. The number of fused-ring (bicyclic) bond motifs is 1. The quantitative estimate of drug-likeness (QED) is 0.571. The second-order valence-electron chi connectivity index (χ2n) is 7.64. The van der Waals surface area contributed by atoms with Crippen LogP contribution in [0.1, 0.15) is 23.2 Å². The predicted molar refractivity (Wildman–Crippen MR) is 118 cm³/mol. The third-order valence-corrected chi connectivity index (χ3v) is 7.73. The van der Waals surface area contributed by atoms with Crippen LogP contribution in [0.15, 0.2) is 41.3 Å². The molecule has 0 bridgehead atoms. The Morgan fingerprint density at radius 2 is 1.64 bits per heavy atom. The van der Waals surface area contributed by atoms with Gasteiger partial charge >= 0.3 is 0 Å². The van der Waals surface area contributed by atoms with Crippen LogP contribution in [-0.2, 0) is 14.8 Å². The second-order valence-corrected chi connectivity index (χ2v) is 9.99. The van der Waals surface area contributed by atoms with Gasteiger partial charge in [-0.2, -0.15) is 4.31 Å². The number of rotatable bonds is 6. The lowest BCUT2D eigenvalue weighted by Gasteiger charge is -2.34. The first-order valence-electron chi connectivity index (χ1n) is 10.4. The van der Waals surface area contributed by atoms with Crippen molar-refractivity contribution in [3.63, 3.8) is 0 Å². The normalized spacial score (nSPS) is 16.5. The molecule has 2 heterocycles. The Bertz CT molecular complexity index is 1180. The maximum atomic E-state index is 13.4. The molecule has 1 amide bonds. The van der Waals surface area contributed by atoms with Gasteiger partial charge in [0.25, 0.3) is 0 Å². The van der Waals surface area contributed by atoms with Gasteiger partial charge in [-0.25, -0.2) is 12.8 Å². The zero-order valence-electron chi connectivity index (χ0n) is 17.6. The minimum absolute atomic E-state index is 0.0214. The van der Waals surface area contributed by atoms with E-state index in [-0.39, 0.29) is 60.6 Å². The Kier molecular flexibility index (Phi) is 6.87. The van der Waals surface area contributed by atoms with Crippen LogP contribution >= 0.6 is 11.6 Å². The van der Waals surface area contributed by atoms with Gasteiger partial charge in [-0.1, -0.05) is 11.6 Å². The summed E-state index contributed by atoms with van der Waals surface area (Å²) in [5, 5.41) is -0.271. The minimum atomic E-state index is -3.85. The van der Waals surface area contributed by atoms with Crippen LogP contribution in [0.2, 0.25) is 5.02 Å². The molecule has 0 radical (unpaired) electrons. The first-order valence-corrected chi connectivity index (χ1v) is 12.2. The average molecular weight is 497 g/mol. The molecular weight excluding hydrogens is 475 g/mol. The fourth-order valence-corrected chi connectivity index (χ4v) is 5.40. The summed E-state index contributed by atoms with van der Waals surface area (Å²) in [6.07, 6.45) is 0.0542. The van der Waals surface area contributed by atoms with Crippen molar-refractivity contribution in [3.8, 4) is 11.5 Å². The molecule has 2 aromatic rings. The van der Waals surface area contributed by atoms with E-state index in [9.17, 15) is 22.4 Å².